The fourth-order valence-electron chi connectivity index (χ4n) is 3.78. The van der Waals surface area contributed by atoms with Gasteiger partial charge in [0.25, 0.3) is 0 Å². The molecular formula is C26H34ClN6O3P. The normalized spacial score (nSPS) is 19.2. The third-order valence-corrected chi connectivity index (χ3v) is 7.55. The third kappa shape index (κ3) is 7.75. The molecule has 0 aliphatic carbocycles. The van der Waals surface area contributed by atoms with Crippen molar-refractivity contribution in [2.24, 2.45) is 0 Å². The van der Waals surface area contributed by atoms with Crippen LogP contribution in [0, 0.1) is 11.8 Å². The van der Waals surface area contributed by atoms with Gasteiger partial charge < -0.3 is 30.6 Å². The number of carbonyl (C=O) groups is 1. The number of hydrogen-bond acceptors (Lipinski definition) is 8. The topological polar surface area (TPSA) is 116 Å². The van der Waals surface area contributed by atoms with Crippen LogP contribution in [0.3, 0.4) is 0 Å². The van der Waals surface area contributed by atoms with Gasteiger partial charge >= 0.3 is 0 Å². The van der Waals surface area contributed by atoms with Gasteiger partial charge in [0.05, 0.1) is 42.1 Å². The summed E-state index contributed by atoms with van der Waals surface area (Å²) in [5.41, 5.74) is 2.53. The second-order valence-corrected chi connectivity index (χ2v) is 12.5. The Morgan fingerprint density at radius 2 is 2.00 bits per heavy atom. The summed E-state index contributed by atoms with van der Waals surface area (Å²) in [6.45, 7) is 8.01. The summed E-state index contributed by atoms with van der Waals surface area (Å²) in [6, 6.07) is 11.1. The molecule has 1 aliphatic rings. The second kappa shape index (κ2) is 13.0. The molecule has 0 radical (unpaired) electrons. The molecule has 3 rings (SSSR count). The third-order valence-electron chi connectivity index (χ3n) is 5.59. The van der Waals surface area contributed by atoms with Gasteiger partial charge in [0.1, 0.15) is 19.2 Å². The van der Waals surface area contributed by atoms with E-state index in [0.29, 0.717) is 35.8 Å². The van der Waals surface area contributed by atoms with Gasteiger partial charge in [-0.15, -0.1) is 11.6 Å². The fourth-order valence-corrected chi connectivity index (χ4v) is 5.17. The molecule has 3 unspecified atom stereocenters. The van der Waals surface area contributed by atoms with Crippen LogP contribution in [0.1, 0.15) is 5.56 Å². The van der Waals surface area contributed by atoms with Crippen LogP contribution in [0.15, 0.2) is 49.1 Å². The first kappa shape index (κ1) is 28.6. The Labute approximate surface area is 223 Å². The Kier molecular flexibility index (Phi) is 10.0. The zero-order valence-corrected chi connectivity index (χ0v) is 23.1. The van der Waals surface area contributed by atoms with Crippen LogP contribution in [0.5, 0.6) is 5.75 Å². The van der Waals surface area contributed by atoms with Crippen LogP contribution in [0.4, 0.5) is 17.1 Å². The van der Waals surface area contributed by atoms with Gasteiger partial charge in [0.2, 0.25) is 5.91 Å². The van der Waals surface area contributed by atoms with E-state index in [-0.39, 0.29) is 17.5 Å². The van der Waals surface area contributed by atoms with E-state index in [1.54, 1.807) is 32.6 Å². The monoisotopic (exact) mass is 544 g/mol. The second-order valence-electron chi connectivity index (χ2n) is 8.78. The van der Waals surface area contributed by atoms with E-state index < -0.39 is 13.4 Å². The lowest BCUT2D eigenvalue weighted by Crippen LogP contribution is -2.64. The molecule has 11 heteroatoms. The number of nitrogens with one attached hydrogen (secondary N) is 6. The van der Waals surface area contributed by atoms with Crippen molar-refractivity contribution in [3.05, 3.63) is 54.6 Å². The minimum absolute atomic E-state index is 0.284. The number of halogens is 1. The molecule has 2 aromatic rings. The van der Waals surface area contributed by atoms with Gasteiger partial charge in [-0.3, -0.25) is 15.4 Å². The maximum absolute atomic E-state index is 12.8. The molecular weight excluding hydrogens is 511 g/mol. The lowest BCUT2D eigenvalue weighted by molar-refractivity contribution is -0.111. The number of anilines is 3. The Balaban J connectivity index is 1.85. The lowest BCUT2D eigenvalue weighted by atomic mass is 10.1. The summed E-state index contributed by atoms with van der Waals surface area (Å²) in [4.78, 5) is 12.1. The lowest BCUT2D eigenvalue weighted by Gasteiger charge is -2.37. The van der Waals surface area contributed by atoms with Gasteiger partial charge in [0.15, 0.2) is 0 Å². The molecule has 6 N–H and O–H groups in total. The van der Waals surface area contributed by atoms with E-state index >= 15 is 0 Å². The first-order chi connectivity index (χ1) is 17.7. The summed E-state index contributed by atoms with van der Waals surface area (Å²) < 4.78 is 18.4. The predicted molar refractivity (Wildman–Crippen MR) is 154 cm³/mol. The Morgan fingerprint density at radius 1 is 1.24 bits per heavy atom. The van der Waals surface area contributed by atoms with Crippen LogP contribution in [0.2, 0.25) is 0 Å². The number of carbonyl (C=O) groups excluding carboxylic acids is 1. The van der Waals surface area contributed by atoms with Crippen molar-refractivity contribution in [3.8, 4) is 17.6 Å². The van der Waals surface area contributed by atoms with E-state index in [2.05, 4.69) is 50.3 Å². The molecule has 0 saturated carbocycles. The quantitative estimate of drug-likeness (QED) is 0.124. The van der Waals surface area contributed by atoms with E-state index in [0.717, 1.165) is 11.0 Å². The van der Waals surface area contributed by atoms with Crippen molar-refractivity contribution < 1.29 is 14.1 Å². The molecule has 1 heterocycles. The first-order valence-corrected chi connectivity index (χ1v) is 14.8. The smallest absolute Gasteiger partial charge is 0.247 e. The maximum Gasteiger partial charge on any atom is 0.247 e. The minimum Gasteiger partial charge on any atom is -0.495 e. The minimum atomic E-state index is -2.50. The van der Waals surface area contributed by atoms with Gasteiger partial charge in [0, 0.05) is 23.6 Å². The van der Waals surface area contributed by atoms with E-state index in [1.807, 2.05) is 31.3 Å². The SMILES string of the molecule is C=CC(=O)Nc1cc(NC2NCC(Cl)C(Nc3ccccc3P(C)(C)=O)N2)c(OC)cc1C#CCNC. The maximum atomic E-state index is 12.8. The van der Waals surface area contributed by atoms with Gasteiger partial charge in [-0.25, -0.2) is 0 Å². The van der Waals surface area contributed by atoms with Crippen LogP contribution in [-0.4, -0.2) is 64.3 Å². The van der Waals surface area contributed by atoms with Crippen molar-refractivity contribution in [1.82, 2.24) is 16.0 Å². The molecule has 1 aliphatic heterocycles. The van der Waals surface area contributed by atoms with E-state index in [1.165, 1.54) is 6.08 Å². The van der Waals surface area contributed by atoms with Crippen molar-refractivity contribution in [2.75, 3.05) is 56.5 Å². The van der Waals surface area contributed by atoms with E-state index in [4.69, 9.17) is 16.3 Å². The fraction of sp³-hybridized carbons (Fsp3) is 0.346. The number of methoxy groups -OCH3 is 1. The highest BCUT2D eigenvalue weighted by Gasteiger charge is 2.30. The predicted octanol–water partition coefficient (Wildman–Crippen LogP) is 2.57. The Hall–Kier alpha value is -2.99. The van der Waals surface area contributed by atoms with Gasteiger partial charge in [-0.1, -0.05) is 30.6 Å². The van der Waals surface area contributed by atoms with Crippen LogP contribution < -0.4 is 41.9 Å². The number of alkyl halides is 1. The van der Waals surface area contributed by atoms with Crippen LogP contribution >= 0.6 is 18.7 Å². The highest BCUT2D eigenvalue weighted by Crippen LogP contribution is 2.38. The van der Waals surface area contributed by atoms with Crippen molar-refractivity contribution in [1.29, 1.82) is 0 Å². The number of rotatable bonds is 9. The van der Waals surface area contributed by atoms with Crippen LogP contribution in [0.25, 0.3) is 0 Å². The molecule has 198 valence electrons. The largest absolute Gasteiger partial charge is 0.495 e. The van der Waals surface area contributed by atoms with E-state index in [9.17, 15) is 9.36 Å². The average molecular weight is 545 g/mol. The highest BCUT2D eigenvalue weighted by molar-refractivity contribution is 7.70. The van der Waals surface area contributed by atoms with Crippen molar-refractivity contribution in [2.45, 2.75) is 17.8 Å². The Bertz CT molecular complexity index is 1240. The molecule has 0 bridgehead atoms. The zero-order valence-electron chi connectivity index (χ0n) is 21.4. The Morgan fingerprint density at radius 3 is 2.68 bits per heavy atom. The number of amides is 1. The summed E-state index contributed by atoms with van der Waals surface area (Å²) in [7, 11) is 0.879. The molecule has 2 aromatic carbocycles. The molecule has 0 aromatic heterocycles. The molecule has 37 heavy (non-hydrogen) atoms. The standard InChI is InChI=1S/C26H34ClN6O3P/c1-6-24(34)30-20-15-21(22(36-3)14-17(20)10-9-13-28-2)32-26-29-16-18(27)25(33-26)31-19-11-7-8-12-23(19)37(4,5)35/h6-8,11-12,14-15,18,25-26,28-29,31-33H,1,13,16H2,2-5H3,(H,30,34). The summed E-state index contributed by atoms with van der Waals surface area (Å²) >= 11 is 6.62. The number of para-hydroxylation sites is 1. The highest BCUT2D eigenvalue weighted by atomic mass is 35.5. The zero-order chi connectivity index (χ0) is 27.0. The number of hydrogen-bond donors (Lipinski definition) is 6. The average Bonchev–Trinajstić information content (AvgIpc) is 2.87. The molecule has 1 saturated heterocycles. The van der Waals surface area contributed by atoms with Crippen molar-refractivity contribution >= 4 is 47.0 Å². The van der Waals surface area contributed by atoms with Crippen LogP contribution in [-0.2, 0) is 9.36 Å². The first-order valence-electron chi connectivity index (χ1n) is 11.8. The number of ether oxygens (including phenoxy) is 1. The molecule has 9 nitrogen and oxygen atoms in total. The summed E-state index contributed by atoms with van der Waals surface area (Å²) in [6.07, 6.45) is 0.477. The summed E-state index contributed by atoms with van der Waals surface area (Å²) in [5.74, 6) is 6.26. The van der Waals surface area contributed by atoms with Crippen molar-refractivity contribution in [3.63, 3.8) is 0 Å². The summed E-state index contributed by atoms with van der Waals surface area (Å²) in [5, 5.41) is 19.8. The van der Waals surface area contributed by atoms with Gasteiger partial charge in [-0.05, 0) is 44.7 Å². The molecule has 0 spiro atoms. The number of benzene rings is 2. The molecule has 3 atom stereocenters. The van der Waals surface area contributed by atoms with Gasteiger partial charge in [-0.2, -0.15) is 0 Å². The molecule has 1 amide bonds. The molecule has 1 fully saturated rings.